The number of benzene rings is 1. The predicted molar refractivity (Wildman–Crippen MR) is 67.0 cm³/mol. The first-order chi connectivity index (χ1) is 7.95. The number of carboxylic acids is 1. The van der Waals surface area contributed by atoms with Gasteiger partial charge in [0, 0.05) is 0 Å². The number of hydrogen-bond acceptors (Lipinski definition) is 2. The Hall–Kier alpha value is -1.35. The molecule has 94 valence electrons. The van der Waals surface area contributed by atoms with Crippen LogP contribution in [0.5, 0.6) is 0 Å². The molecule has 1 unspecified atom stereocenters. The molecule has 17 heavy (non-hydrogen) atoms. The van der Waals surface area contributed by atoms with E-state index in [1.54, 1.807) is 0 Å². The Bertz CT molecular complexity index is 366. The summed E-state index contributed by atoms with van der Waals surface area (Å²) in [5.74, 6) is -1.17. The molecule has 0 saturated heterocycles. The van der Waals surface area contributed by atoms with E-state index in [9.17, 15) is 9.90 Å². The van der Waals surface area contributed by atoms with Gasteiger partial charge in [0.2, 0.25) is 0 Å². The lowest BCUT2D eigenvalue weighted by molar-refractivity contribution is -0.157. The number of aliphatic hydroxyl groups is 1. The molecule has 0 saturated carbocycles. The van der Waals surface area contributed by atoms with E-state index in [-0.39, 0.29) is 6.42 Å². The highest BCUT2D eigenvalue weighted by atomic mass is 16.4. The van der Waals surface area contributed by atoms with Crippen LogP contribution in [0.15, 0.2) is 24.3 Å². The van der Waals surface area contributed by atoms with Crippen LogP contribution in [-0.4, -0.2) is 21.8 Å². The van der Waals surface area contributed by atoms with Crippen LogP contribution in [-0.2, 0) is 17.6 Å². The molecule has 0 aliphatic carbocycles. The zero-order valence-corrected chi connectivity index (χ0v) is 10.4. The average Bonchev–Trinajstić information content (AvgIpc) is 2.28. The minimum Gasteiger partial charge on any atom is -0.479 e. The van der Waals surface area contributed by atoms with Crippen molar-refractivity contribution in [3.63, 3.8) is 0 Å². The standard InChI is InChI=1S/C14H20O3/c1-3-4-11-5-7-12(8-6-11)9-10-14(2,17)13(15)16/h5-8,17H,3-4,9-10H2,1-2H3,(H,15,16). The lowest BCUT2D eigenvalue weighted by Gasteiger charge is -2.17. The quantitative estimate of drug-likeness (QED) is 0.797. The maximum Gasteiger partial charge on any atom is 0.335 e. The lowest BCUT2D eigenvalue weighted by Crippen LogP contribution is -2.35. The van der Waals surface area contributed by atoms with Crippen LogP contribution in [0.2, 0.25) is 0 Å². The Balaban J connectivity index is 2.55. The van der Waals surface area contributed by atoms with Gasteiger partial charge >= 0.3 is 5.97 Å². The largest absolute Gasteiger partial charge is 0.479 e. The lowest BCUT2D eigenvalue weighted by atomic mass is 9.96. The molecule has 0 fully saturated rings. The summed E-state index contributed by atoms with van der Waals surface area (Å²) in [4.78, 5) is 10.7. The fourth-order valence-corrected chi connectivity index (χ4v) is 1.66. The molecule has 3 nitrogen and oxygen atoms in total. The molecule has 1 aromatic rings. The highest BCUT2D eigenvalue weighted by molar-refractivity contribution is 5.76. The van der Waals surface area contributed by atoms with Crippen molar-refractivity contribution in [1.29, 1.82) is 0 Å². The molecule has 0 amide bonds. The molecular weight excluding hydrogens is 216 g/mol. The van der Waals surface area contributed by atoms with Crippen molar-refractivity contribution >= 4 is 5.97 Å². The van der Waals surface area contributed by atoms with Gasteiger partial charge in [0.15, 0.2) is 5.60 Å². The Morgan fingerprint density at radius 3 is 2.06 bits per heavy atom. The van der Waals surface area contributed by atoms with Gasteiger partial charge in [-0.05, 0) is 37.3 Å². The summed E-state index contributed by atoms with van der Waals surface area (Å²) in [7, 11) is 0. The average molecular weight is 236 g/mol. The van der Waals surface area contributed by atoms with Gasteiger partial charge in [0.1, 0.15) is 0 Å². The second-order valence-corrected chi connectivity index (χ2v) is 4.65. The highest BCUT2D eigenvalue weighted by Gasteiger charge is 2.28. The van der Waals surface area contributed by atoms with Crippen molar-refractivity contribution in [2.75, 3.05) is 0 Å². The molecule has 0 aliphatic heterocycles. The van der Waals surface area contributed by atoms with Crippen LogP contribution >= 0.6 is 0 Å². The summed E-state index contributed by atoms with van der Waals surface area (Å²) in [5, 5.41) is 18.4. The molecule has 0 radical (unpaired) electrons. The van der Waals surface area contributed by atoms with Crippen LogP contribution in [0.3, 0.4) is 0 Å². The summed E-state index contributed by atoms with van der Waals surface area (Å²) in [6.45, 7) is 3.47. The van der Waals surface area contributed by atoms with Crippen LogP contribution in [0, 0.1) is 0 Å². The van der Waals surface area contributed by atoms with Gasteiger partial charge in [0.25, 0.3) is 0 Å². The summed E-state index contributed by atoms with van der Waals surface area (Å²) in [5.41, 5.74) is 0.717. The van der Waals surface area contributed by atoms with E-state index < -0.39 is 11.6 Å². The van der Waals surface area contributed by atoms with E-state index in [2.05, 4.69) is 19.1 Å². The molecule has 1 rings (SSSR count). The van der Waals surface area contributed by atoms with E-state index in [0.29, 0.717) is 6.42 Å². The molecule has 0 heterocycles. The molecule has 3 heteroatoms. The van der Waals surface area contributed by atoms with Crippen molar-refractivity contribution in [2.24, 2.45) is 0 Å². The zero-order chi connectivity index (χ0) is 12.9. The van der Waals surface area contributed by atoms with Crippen molar-refractivity contribution in [2.45, 2.75) is 45.1 Å². The number of carbonyl (C=O) groups is 1. The van der Waals surface area contributed by atoms with Gasteiger partial charge in [0.05, 0.1) is 0 Å². The van der Waals surface area contributed by atoms with Crippen LogP contribution in [0.1, 0.15) is 37.8 Å². The minimum atomic E-state index is -1.64. The maximum atomic E-state index is 10.7. The third kappa shape index (κ3) is 4.19. The number of hydrogen-bond donors (Lipinski definition) is 2. The van der Waals surface area contributed by atoms with Gasteiger partial charge in [-0.1, -0.05) is 37.6 Å². The Morgan fingerprint density at radius 1 is 1.18 bits per heavy atom. The number of aliphatic carboxylic acids is 1. The van der Waals surface area contributed by atoms with Crippen molar-refractivity contribution in [1.82, 2.24) is 0 Å². The molecule has 0 aliphatic rings. The van der Waals surface area contributed by atoms with E-state index in [1.807, 2.05) is 12.1 Å². The Labute approximate surface area is 102 Å². The van der Waals surface area contributed by atoms with Gasteiger partial charge in [-0.15, -0.1) is 0 Å². The number of carboxylic acid groups (broad SMARTS) is 1. The predicted octanol–water partition coefficient (Wildman–Crippen LogP) is 2.41. The van der Waals surface area contributed by atoms with Gasteiger partial charge < -0.3 is 10.2 Å². The monoisotopic (exact) mass is 236 g/mol. The molecule has 1 aromatic carbocycles. The zero-order valence-electron chi connectivity index (χ0n) is 10.4. The molecule has 0 aromatic heterocycles. The normalized spacial score (nSPS) is 14.3. The molecular formula is C14H20O3. The van der Waals surface area contributed by atoms with Crippen molar-refractivity contribution in [3.05, 3.63) is 35.4 Å². The van der Waals surface area contributed by atoms with Crippen molar-refractivity contribution < 1.29 is 15.0 Å². The SMILES string of the molecule is CCCc1ccc(CCC(C)(O)C(=O)O)cc1. The maximum absolute atomic E-state index is 10.7. The van der Waals surface area contributed by atoms with E-state index >= 15 is 0 Å². The summed E-state index contributed by atoms with van der Waals surface area (Å²) in [6, 6.07) is 8.13. The highest BCUT2D eigenvalue weighted by Crippen LogP contribution is 2.15. The third-order valence-corrected chi connectivity index (χ3v) is 2.92. The summed E-state index contributed by atoms with van der Waals surface area (Å²) < 4.78 is 0. The first-order valence-electron chi connectivity index (χ1n) is 5.99. The minimum absolute atomic E-state index is 0.232. The first-order valence-corrected chi connectivity index (χ1v) is 5.99. The second-order valence-electron chi connectivity index (χ2n) is 4.65. The van der Waals surface area contributed by atoms with E-state index in [4.69, 9.17) is 5.11 Å². The fourth-order valence-electron chi connectivity index (χ4n) is 1.66. The van der Waals surface area contributed by atoms with Gasteiger partial charge in [-0.3, -0.25) is 0 Å². The van der Waals surface area contributed by atoms with E-state index in [0.717, 1.165) is 18.4 Å². The van der Waals surface area contributed by atoms with Crippen molar-refractivity contribution in [3.8, 4) is 0 Å². The summed E-state index contributed by atoms with van der Waals surface area (Å²) >= 11 is 0. The second kappa shape index (κ2) is 5.82. The number of rotatable bonds is 6. The molecule has 0 bridgehead atoms. The summed E-state index contributed by atoms with van der Waals surface area (Å²) in [6.07, 6.45) is 2.99. The Kier molecular flexibility index (Phi) is 4.70. The molecule has 2 N–H and O–H groups in total. The van der Waals surface area contributed by atoms with Gasteiger partial charge in [-0.2, -0.15) is 0 Å². The third-order valence-electron chi connectivity index (χ3n) is 2.92. The molecule has 0 spiro atoms. The first kappa shape index (κ1) is 13.7. The Morgan fingerprint density at radius 2 is 1.65 bits per heavy atom. The number of aryl methyl sites for hydroxylation is 2. The van der Waals surface area contributed by atoms with Crippen LogP contribution in [0.25, 0.3) is 0 Å². The van der Waals surface area contributed by atoms with Crippen LogP contribution in [0.4, 0.5) is 0 Å². The van der Waals surface area contributed by atoms with Gasteiger partial charge in [-0.25, -0.2) is 4.79 Å². The smallest absolute Gasteiger partial charge is 0.335 e. The van der Waals surface area contributed by atoms with Crippen LogP contribution < -0.4 is 0 Å². The molecule has 1 atom stereocenters. The topological polar surface area (TPSA) is 57.5 Å². The van der Waals surface area contributed by atoms with E-state index in [1.165, 1.54) is 12.5 Å². The fraction of sp³-hybridized carbons (Fsp3) is 0.500.